The lowest BCUT2D eigenvalue weighted by atomic mass is 9.84. The molecular formula is C12H20F3NS. The monoisotopic (exact) mass is 267 g/mol. The molecule has 2 aliphatic rings. The smallest absolute Gasteiger partial charge is 0.313 e. The maximum Gasteiger partial charge on any atom is 0.441 e. The number of hydrogen-bond donors (Lipinski definition) is 1. The molecule has 5 heteroatoms. The zero-order valence-electron chi connectivity index (χ0n) is 10.1. The van der Waals surface area contributed by atoms with Crippen molar-refractivity contribution in [1.29, 1.82) is 0 Å². The zero-order valence-corrected chi connectivity index (χ0v) is 10.9. The van der Waals surface area contributed by atoms with Crippen molar-refractivity contribution in [1.82, 2.24) is 5.32 Å². The molecular weight excluding hydrogens is 247 g/mol. The second-order valence-corrected chi connectivity index (χ2v) is 6.54. The lowest BCUT2D eigenvalue weighted by Gasteiger charge is -2.28. The van der Waals surface area contributed by atoms with E-state index in [0.29, 0.717) is 18.5 Å². The molecule has 2 saturated carbocycles. The van der Waals surface area contributed by atoms with E-state index in [0.717, 1.165) is 11.8 Å². The SMILES string of the molecule is CC(NCCSC(F)(F)F)C1CC2CCC1C2. The van der Waals surface area contributed by atoms with Gasteiger partial charge in [-0.05, 0) is 55.7 Å². The molecule has 0 saturated heterocycles. The van der Waals surface area contributed by atoms with Gasteiger partial charge < -0.3 is 5.32 Å². The summed E-state index contributed by atoms with van der Waals surface area (Å²) in [6.07, 6.45) is 5.34. The van der Waals surface area contributed by atoms with Crippen LogP contribution in [0.1, 0.15) is 32.6 Å². The first-order valence-corrected chi connectivity index (χ1v) is 7.38. The molecule has 2 bridgehead atoms. The van der Waals surface area contributed by atoms with Crippen LogP contribution in [0.2, 0.25) is 0 Å². The van der Waals surface area contributed by atoms with Crippen LogP contribution in [0.4, 0.5) is 13.2 Å². The second kappa shape index (κ2) is 5.39. The van der Waals surface area contributed by atoms with Crippen molar-refractivity contribution in [3.05, 3.63) is 0 Å². The average Bonchev–Trinajstić information content (AvgIpc) is 2.84. The lowest BCUT2D eigenvalue weighted by molar-refractivity contribution is -0.0327. The maximum absolute atomic E-state index is 11.9. The van der Waals surface area contributed by atoms with Gasteiger partial charge in [-0.3, -0.25) is 0 Å². The number of halogens is 3. The fourth-order valence-corrected chi connectivity index (χ4v) is 3.96. The maximum atomic E-state index is 11.9. The van der Waals surface area contributed by atoms with Crippen molar-refractivity contribution in [2.75, 3.05) is 12.3 Å². The fraction of sp³-hybridized carbons (Fsp3) is 1.00. The van der Waals surface area contributed by atoms with E-state index in [1.807, 2.05) is 0 Å². The molecule has 0 heterocycles. The minimum atomic E-state index is -4.09. The molecule has 0 aromatic heterocycles. The van der Waals surface area contributed by atoms with E-state index in [-0.39, 0.29) is 17.5 Å². The first-order chi connectivity index (χ1) is 7.96. The Morgan fingerprint density at radius 2 is 2.06 bits per heavy atom. The van der Waals surface area contributed by atoms with Gasteiger partial charge in [0.25, 0.3) is 0 Å². The Balaban J connectivity index is 1.63. The standard InChI is InChI=1S/C12H20F3NS/c1-8(16-4-5-17-12(13,14)15)11-7-9-2-3-10(11)6-9/h8-11,16H,2-7H2,1H3. The molecule has 100 valence electrons. The molecule has 0 radical (unpaired) electrons. The number of thioether (sulfide) groups is 1. The summed E-state index contributed by atoms with van der Waals surface area (Å²) in [6, 6.07) is 0.374. The zero-order chi connectivity index (χ0) is 12.5. The van der Waals surface area contributed by atoms with E-state index in [1.165, 1.54) is 25.7 Å². The highest BCUT2D eigenvalue weighted by Gasteiger charge is 2.41. The molecule has 0 aromatic carbocycles. The van der Waals surface area contributed by atoms with Gasteiger partial charge in [-0.1, -0.05) is 6.42 Å². The van der Waals surface area contributed by atoms with E-state index >= 15 is 0 Å². The Morgan fingerprint density at radius 3 is 2.59 bits per heavy atom. The highest BCUT2D eigenvalue weighted by Crippen LogP contribution is 2.49. The van der Waals surface area contributed by atoms with E-state index in [9.17, 15) is 13.2 Å². The van der Waals surface area contributed by atoms with Gasteiger partial charge in [-0.25, -0.2) is 0 Å². The third-order valence-corrected chi connectivity index (χ3v) is 5.00. The van der Waals surface area contributed by atoms with Gasteiger partial charge in [-0.2, -0.15) is 13.2 Å². The molecule has 2 rings (SSSR count). The van der Waals surface area contributed by atoms with Crippen LogP contribution in [0.25, 0.3) is 0 Å². The summed E-state index contributed by atoms with van der Waals surface area (Å²) in [5.74, 6) is 2.55. The third kappa shape index (κ3) is 3.78. The number of rotatable bonds is 5. The van der Waals surface area contributed by atoms with E-state index < -0.39 is 5.51 Å². The van der Waals surface area contributed by atoms with Crippen LogP contribution < -0.4 is 5.32 Å². The molecule has 2 aliphatic carbocycles. The Kier molecular flexibility index (Phi) is 4.29. The highest BCUT2D eigenvalue weighted by atomic mass is 32.2. The largest absolute Gasteiger partial charge is 0.441 e. The quantitative estimate of drug-likeness (QED) is 0.763. The number of fused-ring (bicyclic) bond motifs is 2. The first kappa shape index (κ1) is 13.5. The number of nitrogens with one attached hydrogen (secondary N) is 1. The number of hydrogen-bond acceptors (Lipinski definition) is 2. The van der Waals surface area contributed by atoms with Crippen LogP contribution in [0.5, 0.6) is 0 Å². The van der Waals surface area contributed by atoms with Gasteiger partial charge in [0.2, 0.25) is 0 Å². The Hall–Kier alpha value is 0.100. The first-order valence-electron chi connectivity index (χ1n) is 6.40. The third-order valence-electron chi connectivity index (χ3n) is 4.27. The molecule has 4 atom stereocenters. The van der Waals surface area contributed by atoms with Gasteiger partial charge in [0.1, 0.15) is 0 Å². The molecule has 1 N–H and O–H groups in total. The van der Waals surface area contributed by atoms with Gasteiger partial charge in [0.15, 0.2) is 0 Å². The average molecular weight is 267 g/mol. The van der Waals surface area contributed by atoms with Gasteiger partial charge >= 0.3 is 5.51 Å². The van der Waals surface area contributed by atoms with Crippen LogP contribution in [0.15, 0.2) is 0 Å². The van der Waals surface area contributed by atoms with Crippen molar-refractivity contribution in [3.63, 3.8) is 0 Å². The predicted molar refractivity (Wildman–Crippen MR) is 64.9 cm³/mol. The molecule has 0 spiro atoms. The molecule has 0 aromatic rings. The van der Waals surface area contributed by atoms with E-state index in [4.69, 9.17) is 0 Å². The van der Waals surface area contributed by atoms with Crippen LogP contribution in [0, 0.1) is 17.8 Å². The van der Waals surface area contributed by atoms with Crippen LogP contribution >= 0.6 is 11.8 Å². The van der Waals surface area contributed by atoms with Crippen molar-refractivity contribution in [3.8, 4) is 0 Å². The van der Waals surface area contributed by atoms with Crippen molar-refractivity contribution < 1.29 is 13.2 Å². The summed E-state index contributed by atoms with van der Waals surface area (Å²) < 4.78 is 35.8. The molecule has 4 unspecified atom stereocenters. The van der Waals surface area contributed by atoms with Gasteiger partial charge in [0, 0.05) is 18.3 Å². The Labute approximate surface area is 105 Å². The Morgan fingerprint density at radius 1 is 1.29 bits per heavy atom. The lowest BCUT2D eigenvalue weighted by Crippen LogP contribution is -2.37. The molecule has 0 aliphatic heterocycles. The van der Waals surface area contributed by atoms with E-state index in [2.05, 4.69) is 12.2 Å². The fourth-order valence-electron chi connectivity index (χ4n) is 3.51. The second-order valence-electron chi connectivity index (χ2n) is 5.38. The van der Waals surface area contributed by atoms with Crippen molar-refractivity contribution >= 4 is 11.8 Å². The molecule has 2 fully saturated rings. The minimum absolute atomic E-state index is 0.0709. The summed E-state index contributed by atoms with van der Waals surface area (Å²) in [5.41, 5.74) is -4.09. The summed E-state index contributed by atoms with van der Waals surface area (Å²) in [6.45, 7) is 2.59. The minimum Gasteiger partial charge on any atom is -0.313 e. The topological polar surface area (TPSA) is 12.0 Å². The number of alkyl halides is 3. The summed E-state index contributed by atoms with van der Waals surface area (Å²) in [5, 5.41) is 3.26. The van der Waals surface area contributed by atoms with Crippen LogP contribution in [-0.2, 0) is 0 Å². The summed E-state index contributed by atoms with van der Waals surface area (Å²) in [4.78, 5) is 0. The van der Waals surface area contributed by atoms with Gasteiger partial charge in [-0.15, -0.1) is 0 Å². The Bertz CT molecular complexity index is 257. The van der Waals surface area contributed by atoms with Gasteiger partial charge in [0.05, 0.1) is 0 Å². The summed E-state index contributed by atoms with van der Waals surface area (Å²) >= 11 is 0.0709. The normalized spacial score (nSPS) is 34.2. The van der Waals surface area contributed by atoms with Crippen molar-refractivity contribution in [2.45, 2.75) is 44.2 Å². The molecule has 1 nitrogen and oxygen atoms in total. The van der Waals surface area contributed by atoms with E-state index in [1.54, 1.807) is 0 Å². The van der Waals surface area contributed by atoms with Crippen molar-refractivity contribution in [2.24, 2.45) is 17.8 Å². The highest BCUT2D eigenvalue weighted by molar-refractivity contribution is 8.00. The molecule has 17 heavy (non-hydrogen) atoms. The summed E-state index contributed by atoms with van der Waals surface area (Å²) in [7, 11) is 0. The predicted octanol–water partition coefficient (Wildman–Crippen LogP) is 3.65. The van der Waals surface area contributed by atoms with Crippen LogP contribution in [0.3, 0.4) is 0 Å². The molecule has 0 amide bonds. The van der Waals surface area contributed by atoms with Crippen LogP contribution in [-0.4, -0.2) is 23.8 Å².